The standard InChI is InChI=1S/C22H30N4O3/c1-15-7-8-19(13-16(15)2)29-17(3)22(27)23-9-12-28-21-14-20(24-18(4)25-21)26-10-5-6-11-26/h7-8,13-14,17H,5-6,9-12H2,1-4H3,(H,23,27). The Morgan fingerprint density at radius 3 is 2.62 bits per heavy atom. The molecule has 2 aromatic rings. The lowest BCUT2D eigenvalue weighted by Gasteiger charge is -2.18. The van der Waals surface area contributed by atoms with Gasteiger partial charge in [-0.3, -0.25) is 4.79 Å². The number of ether oxygens (including phenoxy) is 2. The van der Waals surface area contributed by atoms with Crippen molar-refractivity contribution in [2.45, 2.75) is 46.6 Å². The fourth-order valence-electron chi connectivity index (χ4n) is 3.23. The van der Waals surface area contributed by atoms with E-state index >= 15 is 0 Å². The summed E-state index contributed by atoms with van der Waals surface area (Å²) in [5, 5.41) is 2.84. The van der Waals surface area contributed by atoms with Crippen LogP contribution in [0.1, 0.15) is 36.7 Å². The number of anilines is 1. The van der Waals surface area contributed by atoms with Crippen LogP contribution in [0.3, 0.4) is 0 Å². The minimum atomic E-state index is -0.583. The van der Waals surface area contributed by atoms with E-state index in [9.17, 15) is 4.79 Å². The molecule has 2 heterocycles. The topological polar surface area (TPSA) is 76.6 Å². The van der Waals surface area contributed by atoms with Gasteiger partial charge >= 0.3 is 0 Å². The van der Waals surface area contributed by atoms with Crippen LogP contribution < -0.4 is 19.7 Å². The van der Waals surface area contributed by atoms with Gasteiger partial charge in [0.15, 0.2) is 6.10 Å². The Kier molecular flexibility index (Phi) is 6.90. The summed E-state index contributed by atoms with van der Waals surface area (Å²) in [5.41, 5.74) is 2.33. The Hall–Kier alpha value is -2.83. The summed E-state index contributed by atoms with van der Waals surface area (Å²) in [4.78, 5) is 23.3. The number of benzene rings is 1. The number of nitrogens with one attached hydrogen (secondary N) is 1. The highest BCUT2D eigenvalue weighted by molar-refractivity contribution is 5.80. The molecule has 0 aliphatic carbocycles. The lowest BCUT2D eigenvalue weighted by atomic mass is 10.1. The van der Waals surface area contributed by atoms with E-state index in [-0.39, 0.29) is 5.91 Å². The summed E-state index contributed by atoms with van der Waals surface area (Å²) in [6, 6.07) is 7.68. The molecular weight excluding hydrogens is 368 g/mol. The van der Waals surface area contributed by atoms with Crippen LogP contribution in [0.4, 0.5) is 5.82 Å². The highest BCUT2D eigenvalue weighted by Crippen LogP contribution is 2.21. The molecular formula is C22H30N4O3. The molecule has 1 aliphatic rings. The first-order chi connectivity index (χ1) is 13.9. The molecule has 0 spiro atoms. The van der Waals surface area contributed by atoms with Crippen LogP contribution >= 0.6 is 0 Å². The highest BCUT2D eigenvalue weighted by atomic mass is 16.5. The largest absolute Gasteiger partial charge is 0.481 e. The van der Waals surface area contributed by atoms with Gasteiger partial charge in [0.1, 0.15) is 24.0 Å². The first-order valence-electron chi connectivity index (χ1n) is 10.2. The molecule has 1 N–H and O–H groups in total. The lowest BCUT2D eigenvalue weighted by molar-refractivity contribution is -0.127. The Balaban J connectivity index is 1.44. The van der Waals surface area contributed by atoms with E-state index in [2.05, 4.69) is 20.2 Å². The molecule has 29 heavy (non-hydrogen) atoms. The molecule has 156 valence electrons. The second-order valence-electron chi connectivity index (χ2n) is 7.45. The van der Waals surface area contributed by atoms with E-state index < -0.39 is 6.10 Å². The van der Waals surface area contributed by atoms with E-state index in [1.807, 2.05) is 45.0 Å². The number of rotatable bonds is 8. The van der Waals surface area contributed by atoms with E-state index in [4.69, 9.17) is 9.47 Å². The molecule has 0 bridgehead atoms. The van der Waals surface area contributed by atoms with Gasteiger partial charge in [0.2, 0.25) is 5.88 Å². The fraction of sp³-hybridized carbons (Fsp3) is 0.500. The second kappa shape index (κ2) is 9.58. The van der Waals surface area contributed by atoms with Crippen LogP contribution in [-0.2, 0) is 4.79 Å². The molecule has 1 saturated heterocycles. The summed E-state index contributed by atoms with van der Waals surface area (Å²) < 4.78 is 11.5. The zero-order valence-electron chi connectivity index (χ0n) is 17.7. The number of hydrogen-bond donors (Lipinski definition) is 1. The molecule has 1 aromatic carbocycles. The molecule has 7 heteroatoms. The van der Waals surface area contributed by atoms with Crippen LogP contribution in [-0.4, -0.2) is 48.2 Å². The first kappa shape index (κ1) is 20.9. The van der Waals surface area contributed by atoms with Crippen LogP contribution in [0.2, 0.25) is 0 Å². The van der Waals surface area contributed by atoms with Gasteiger partial charge in [0, 0.05) is 19.2 Å². The summed E-state index contributed by atoms with van der Waals surface area (Å²) in [7, 11) is 0. The number of carbonyl (C=O) groups is 1. The Bertz CT molecular complexity index is 850. The van der Waals surface area contributed by atoms with Crippen molar-refractivity contribution in [3.05, 3.63) is 41.2 Å². The maximum absolute atomic E-state index is 12.3. The van der Waals surface area contributed by atoms with Gasteiger partial charge in [0.05, 0.1) is 6.54 Å². The summed E-state index contributed by atoms with van der Waals surface area (Å²) in [6.07, 6.45) is 1.79. The Morgan fingerprint density at radius 1 is 1.14 bits per heavy atom. The van der Waals surface area contributed by atoms with Crippen LogP contribution in [0, 0.1) is 20.8 Å². The minimum absolute atomic E-state index is 0.177. The number of aryl methyl sites for hydroxylation is 3. The SMILES string of the molecule is Cc1nc(OCCNC(=O)C(C)Oc2ccc(C)c(C)c2)cc(N2CCCC2)n1. The highest BCUT2D eigenvalue weighted by Gasteiger charge is 2.16. The van der Waals surface area contributed by atoms with E-state index in [0.717, 1.165) is 24.5 Å². The summed E-state index contributed by atoms with van der Waals surface area (Å²) in [6.45, 7) is 10.4. The first-order valence-corrected chi connectivity index (χ1v) is 10.2. The monoisotopic (exact) mass is 398 g/mol. The average molecular weight is 399 g/mol. The van der Waals surface area contributed by atoms with E-state index in [0.29, 0.717) is 30.6 Å². The summed E-state index contributed by atoms with van der Waals surface area (Å²) in [5.74, 6) is 2.64. The quantitative estimate of drug-likeness (QED) is 0.689. The van der Waals surface area contributed by atoms with Gasteiger partial charge in [-0.15, -0.1) is 0 Å². The molecule has 3 rings (SSSR count). The molecule has 0 saturated carbocycles. The van der Waals surface area contributed by atoms with Crippen LogP contribution in [0.15, 0.2) is 24.3 Å². The van der Waals surface area contributed by atoms with Crippen molar-refractivity contribution >= 4 is 11.7 Å². The number of nitrogens with zero attached hydrogens (tertiary/aromatic N) is 3. The van der Waals surface area contributed by atoms with Gasteiger partial charge in [-0.05, 0) is 63.8 Å². The smallest absolute Gasteiger partial charge is 0.260 e. The maximum atomic E-state index is 12.3. The van der Waals surface area contributed by atoms with Crippen LogP contribution in [0.25, 0.3) is 0 Å². The minimum Gasteiger partial charge on any atom is -0.481 e. The third-order valence-electron chi connectivity index (χ3n) is 5.04. The van der Waals surface area contributed by atoms with Crippen molar-refractivity contribution in [3.63, 3.8) is 0 Å². The zero-order valence-corrected chi connectivity index (χ0v) is 17.7. The fourth-order valence-corrected chi connectivity index (χ4v) is 3.23. The number of carbonyl (C=O) groups excluding carboxylic acids is 1. The zero-order chi connectivity index (χ0) is 20.8. The molecule has 1 unspecified atom stereocenters. The number of aromatic nitrogens is 2. The van der Waals surface area contributed by atoms with Crippen molar-refractivity contribution in [2.24, 2.45) is 0 Å². The predicted molar refractivity (Wildman–Crippen MR) is 113 cm³/mol. The van der Waals surface area contributed by atoms with Crippen molar-refractivity contribution in [1.29, 1.82) is 0 Å². The second-order valence-corrected chi connectivity index (χ2v) is 7.45. The Labute approximate surface area is 172 Å². The molecule has 0 radical (unpaired) electrons. The normalized spacial score (nSPS) is 14.6. The molecule has 7 nitrogen and oxygen atoms in total. The molecule has 1 aromatic heterocycles. The Morgan fingerprint density at radius 2 is 1.90 bits per heavy atom. The van der Waals surface area contributed by atoms with Crippen molar-refractivity contribution in [2.75, 3.05) is 31.1 Å². The van der Waals surface area contributed by atoms with Gasteiger partial charge in [0.25, 0.3) is 5.91 Å². The lowest BCUT2D eigenvalue weighted by Crippen LogP contribution is -2.38. The van der Waals surface area contributed by atoms with E-state index in [1.54, 1.807) is 6.92 Å². The summed E-state index contributed by atoms with van der Waals surface area (Å²) >= 11 is 0. The van der Waals surface area contributed by atoms with Gasteiger partial charge in [-0.1, -0.05) is 6.07 Å². The average Bonchev–Trinajstić information content (AvgIpc) is 3.22. The molecule has 1 fully saturated rings. The number of amides is 1. The van der Waals surface area contributed by atoms with Crippen molar-refractivity contribution < 1.29 is 14.3 Å². The molecule has 1 atom stereocenters. The maximum Gasteiger partial charge on any atom is 0.260 e. The van der Waals surface area contributed by atoms with Gasteiger partial charge in [-0.2, -0.15) is 4.98 Å². The van der Waals surface area contributed by atoms with Gasteiger partial charge in [-0.25, -0.2) is 4.98 Å². The molecule has 1 aliphatic heterocycles. The predicted octanol–water partition coefficient (Wildman–Crippen LogP) is 2.96. The third kappa shape index (κ3) is 5.82. The molecule has 1 amide bonds. The van der Waals surface area contributed by atoms with Gasteiger partial charge < -0.3 is 19.7 Å². The van der Waals surface area contributed by atoms with Crippen LogP contribution in [0.5, 0.6) is 11.6 Å². The third-order valence-corrected chi connectivity index (χ3v) is 5.04. The van der Waals surface area contributed by atoms with Crippen molar-refractivity contribution in [1.82, 2.24) is 15.3 Å². The van der Waals surface area contributed by atoms with E-state index in [1.165, 1.54) is 18.4 Å². The number of hydrogen-bond acceptors (Lipinski definition) is 6. The van der Waals surface area contributed by atoms with Crippen molar-refractivity contribution in [3.8, 4) is 11.6 Å².